The number of piperazine rings is 1. The predicted octanol–water partition coefficient (Wildman–Crippen LogP) is 2.55. The van der Waals surface area contributed by atoms with E-state index in [-0.39, 0.29) is 35.3 Å². The van der Waals surface area contributed by atoms with Gasteiger partial charge in [-0.05, 0) is 24.6 Å². The fourth-order valence-corrected chi connectivity index (χ4v) is 3.05. The molecule has 1 unspecified atom stereocenters. The lowest BCUT2D eigenvalue weighted by Gasteiger charge is -2.36. The molecule has 2 heterocycles. The van der Waals surface area contributed by atoms with Crippen molar-refractivity contribution in [2.45, 2.75) is 13.0 Å². The van der Waals surface area contributed by atoms with Gasteiger partial charge in [-0.1, -0.05) is 23.7 Å². The molecule has 1 aliphatic heterocycles. The molecule has 0 spiro atoms. The molecule has 1 saturated heterocycles. The minimum Gasteiger partial charge on any atom is -0.364 e. The summed E-state index contributed by atoms with van der Waals surface area (Å²) in [7, 11) is 0. The van der Waals surface area contributed by atoms with E-state index in [1.165, 1.54) is 12.3 Å². The average molecular weight is 368 g/mol. The number of aromatic nitrogens is 1. The molecule has 3 rings (SSSR count). The van der Waals surface area contributed by atoms with E-state index in [2.05, 4.69) is 10.3 Å². The maximum Gasteiger partial charge on any atom is 0.259 e. The van der Waals surface area contributed by atoms with Crippen LogP contribution in [0.3, 0.4) is 0 Å². The second-order valence-electron chi connectivity index (χ2n) is 5.67. The topological polar surface area (TPSA) is 65.2 Å². The molecular formula is C17H19Cl2N3O2. The predicted molar refractivity (Wildman–Crippen MR) is 97.1 cm³/mol. The third-order valence-corrected chi connectivity index (χ3v) is 4.26. The smallest absolute Gasteiger partial charge is 0.259 e. The van der Waals surface area contributed by atoms with Gasteiger partial charge < -0.3 is 15.2 Å². The lowest BCUT2D eigenvalue weighted by atomic mass is 10.0. The SMILES string of the molecule is Cc1cc(=O)c(C(=O)N2CCNCC2c2cccc(Cl)c2)c[nH]1.Cl. The fraction of sp³-hybridized carbons (Fsp3) is 0.294. The highest BCUT2D eigenvalue weighted by Crippen LogP contribution is 2.25. The molecule has 24 heavy (non-hydrogen) atoms. The number of amides is 1. The van der Waals surface area contributed by atoms with Crippen LogP contribution in [0, 0.1) is 6.92 Å². The first-order chi connectivity index (χ1) is 11.1. The van der Waals surface area contributed by atoms with Gasteiger partial charge in [0, 0.05) is 42.6 Å². The van der Waals surface area contributed by atoms with Crippen molar-refractivity contribution in [3.05, 3.63) is 68.6 Å². The van der Waals surface area contributed by atoms with Crippen LogP contribution >= 0.6 is 24.0 Å². The van der Waals surface area contributed by atoms with Gasteiger partial charge in [0.2, 0.25) is 0 Å². The zero-order valence-corrected chi connectivity index (χ0v) is 14.8. The number of hydrogen-bond acceptors (Lipinski definition) is 3. The number of carbonyl (C=O) groups excluding carboxylic acids is 1. The summed E-state index contributed by atoms with van der Waals surface area (Å²) in [6.45, 7) is 3.67. The summed E-state index contributed by atoms with van der Waals surface area (Å²) in [6, 6.07) is 8.79. The quantitative estimate of drug-likeness (QED) is 0.856. The van der Waals surface area contributed by atoms with Crippen molar-refractivity contribution in [3.63, 3.8) is 0 Å². The molecule has 1 fully saturated rings. The minimum atomic E-state index is -0.255. The number of aryl methyl sites for hydroxylation is 1. The molecule has 0 aliphatic carbocycles. The van der Waals surface area contributed by atoms with Crippen LogP contribution < -0.4 is 10.7 Å². The van der Waals surface area contributed by atoms with Crippen LogP contribution in [0.5, 0.6) is 0 Å². The standard InChI is InChI=1S/C17H18ClN3O2.ClH/c1-11-7-16(22)14(9-20-11)17(23)21-6-5-19-10-15(21)12-3-2-4-13(18)8-12;/h2-4,7-9,15,19H,5-6,10H2,1H3,(H,20,22);1H. The molecule has 1 aliphatic rings. The van der Waals surface area contributed by atoms with Crippen molar-refractivity contribution in [3.8, 4) is 0 Å². The maximum atomic E-state index is 12.8. The second kappa shape index (κ2) is 7.83. The normalized spacial score (nSPS) is 17.2. The Kier molecular flexibility index (Phi) is 6.04. The molecule has 0 bridgehead atoms. The van der Waals surface area contributed by atoms with Crippen LogP contribution in [-0.4, -0.2) is 35.4 Å². The maximum absolute atomic E-state index is 12.8. The number of pyridine rings is 1. The second-order valence-corrected chi connectivity index (χ2v) is 6.10. The molecule has 128 valence electrons. The molecule has 7 heteroatoms. The van der Waals surface area contributed by atoms with Gasteiger partial charge >= 0.3 is 0 Å². The highest BCUT2D eigenvalue weighted by molar-refractivity contribution is 6.30. The van der Waals surface area contributed by atoms with Crippen molar-refractivity contribution < 1.29 is 4.79 Å². The van der Waals surface area contributed by atoms with Crippen molar-refractivity contribution in [1.29, 1.82) is 0 Å². The number of hydrogen-bond donors (Lipinski definition) is 2. The third kappa shape index (κ3) is 3.80. The number of aromatic amines is 1. The van der Waals surface area contributed by atoms with Gasteiger partial charge in [0.25, 0.3) is 5.91 Å². The van der Waals surface area contributed by atoms with E-state index in [0.29, 0.717) is 24.7 Å². The summed E-state index contributed by atoms with van der Waals surface area (Å²) >= 11 is 6.07. The Morgan fingerprint density at radius 1 is 1.33 bits per heavy atom. The number of rotatable bonds is 2. The zero-order valence-electron chi connectivity index (χ0n) is 13.2. The minimum absolute atomic E-state index is 0. The van der Waals surface area contributed by atoms with Gasteiger partial charge in [0.1, 0.15) is 5.56 Å². The molecule has 1 aromatic carbocycles. The van der Waals surface area contributed by atoms with Crippen molar-refractivity contribution >= 4 is 29.9 Å². The Morgan fingerprint density at radius 2 is 2.12 bits per heavy atom. The Morgan fingerprint density at radius 3 is 2.83 bits per heavy atom. The van der Waals surface area contributed by atoms with Gasteiger partial charge in [-0.25, -0.2) is 0 Å². The number of halogens is 2. The summed E-state index contributed by atoms with van der Waals surface area (Å²) in [6.07, 6.45) is 1.50. The summed E-state index contributed by atoms with van der Waals surface area (Å²) in [4.78, 5) is 29.6. The molecule has 2 N–H and O–H groups in total. The van der Waals surface area contributed by atoms with E-state index in [1.807, 2.05) is 18.2 Å². The molecule has 1 atom stereocenters. The Labute approximate surface area is 151 Å². The zero-order chi connectivity index (χ0) is 16.4. The average Bonchev–Trinajstić information content (AvgIpc) is 2.54. The Hall–Kier alpha value is -1.82. The summed E-state index contributed by atoms with van der Waals surface area (Å²) < 4.78 is 0. The number of carbonyl (C=O) groups is 1. The first-order valence-electron chi connectivity index (χ1n) is 7.53. The Balaban J connectivity index is 0.00000208. The summed E-state index contributed by atoms with van der Waals surface area (Å²) in [5.41, 5.74) is 1.61. The molecule has 2 aromatic rings. The molecule has 1 aromatic heterocycles. The van der Waals surface area contributed by atoms with Crippen LogP contribution in [-0.2, 0) is 0 Å². The van der Waals surface area contributed by atoms with E-state index in [0.717, 1.165) is 11.3 Å². The van der Waals surface area contributed by atoms with Crippen LogP contribution in [0.25, 0.3) is 0 Å². The first kappa shape index (κ1) is 18.5. The van der Waals surface area contributed by atoms with E-state index in [4.69, 9.17) is 11.6 Å². The number of nitrogens with zero attached hydrogens (tertiary/aromatic N) is 1. The molecule has 0 saturated carbocycles. The van der Waals surface area contributed by atoms with Crippen LogP contribution in [0.1, 0.15) is 27.7 Å². The van der Waals surface area contributed by atoms with Crippen LogP contribution in [0.15, 0.2) is 41.3 Å². The first-order valence-corrected chi connectivity index (χ1v) is 7.90. The van der Waals surface area contributed by atoms with Crippen molar-refractivity contribution in [2.75, 3.05) is 19.6 Å². The van der Waals surface area contributed by atoms with Crippen molar-refractivity contribution in [1.82, 2.24) is 15.2 Å². The van der Waals surface area contributed by atoms with Crippen LogP contribution in [0.4, 0.5) is 0 Å². The van der Waals surface area contributed by atoms with E-state index in [9.17, 15) is 9.59 Å². The molecule has 0 radical (unpaired) electrons. The van der Waals surface area contributed by atoms with E-state index < -0.39 is 0 Å². The van der Waals surface area contributed by atoms with Gasteiger partial charge in [-0.3, -0.25) is 9.59 Å². The third-order valence-electron chi connectivity index (χ3n) is 4.03. The fourth-order valence-electron chi connectivity index (χ4n) is 2.85. The molecule has 1 amide bonds. The van der Waals surface area contributed by atoms with Crippen LogP contribution in [0.2, 0.25) is 5.02 Å². The monoisotopic (exact) mass is 367 g/mol. The van der Waals surface area contributed by atoms with Gasteiger partial charge in [-0.2, -0.15) is 0 Å². The number of nitrogens with one attached hydrogen (secondary N) is 2. The van der Waals surface area contributed by atoms with Gasteiger partial charge in [0.15, 0.2) is 5.43 Å². The summed E-state index contributed by atoms with van der Waals surface area (Å²) in [5.74, 6) is -0.252. The lowest BCUT2D eigenvalue weighted by molar-refractivity contribution is 0.0632. The number of benzene rings is 1. The number of H-pyrrole nitrogens is 1. The van der Waals surface area contributed by atoms with Gasteiger partial charge in [0.05, 0.1) is 6.04 Å². The Bertz CT molecular complexity index is 791. The van der Waals surface area contributed by atoms with Gasteiger partial charge in [-0.15, -0.1) is 12.4 Å². The van der Waals surface area contributed by atoms with Crippen molar-refractivity contribution in [2.24, 2.45) is 0 Å². The summed E-state index contributed by atoms with van der Waals surface area (Å²) in [5, 5.41) is 3.92. The highest BCUT2D eigenvalue weighted by atomic mass is 35.5. The van der Waals surface area contributed by atoms with E-state index >= 15 is 0 Å². The molecule has 5 nitrogen and oxygen atoms in total. The van der Waals surface area contributed by atoms with E-state index in [1.54, 1.807) is 17.9 Å². The lowest BCUT2D eigenvalue weighted by Crippen LogP contribution is -2.49. The largest absolute Gasteiger partial charge is 0.364 e. The highest BCUT2D eigenvalue weighted by Gasteiger charge is 2.29. The molecular weight excluding hydrogens is 349 g/mol.